The van der Waals surface area contributed by atoms with Crippen LogP contribution in [0.15, 0.2) is 30.3 Å². The maximum Gasteiger partial charge on any atom is 0.472 e. The van der Waals surface area contributed by atoms with Crippen molar-refractivity contribution in [1.29, 1.82) is 0 Å². The number of hydrogen-bond donors (Lipinski definition) is 1. The van der Waals surface area contributed by atoms with Crippen molar-refractivity contribution < 1.29 is 18.0 Å². The zero-order valence-corrected chi connectivity index (χ0v) is 10.9. The summed E-state index contributed by atoms with van der Waals surface area (Å²) in [6.45, 7) is 2.77. The largest absolute Gasteiger partial charge is 0.472 e. The van der Waals surface area contributed by atoms with E-state index in [4.69, 9.17) is 0 Å². The predicted octanol–water partition coefficient (Wildman–Crippen LogP) is 1.40. The first-order valence-corrected chi connectivity index (χ1v) is 6.34. The van der Waals surface area contributed by atoms with Gasteiger partial charge in [-0.05, 0) is 5.56 Å². The van der Waals surface area contributed by atoms with Crippen LogP contribution in [-0.2, 0) is 11.3 Å². The molecule has 0 aromatic heterocycles. The number of alkyl halides is 3. The third-order valence-corrected chi connectivity index (χ3v) is 3.14. The Kier molecular flexibility index (Phi) is 4.61. The number of rotatable bonds is 3. The van der Waals surface area contributed by atoms with Gasteiger partial charge in [0.1, 0.15) is 0 Å². The van der Waals surface area contributed by atoms with Crippen molar-refractivity contribution in [3.63, 3.8) is 0 Å². The zero-order chi connectivity index (χ0) is 14.6. The number of amides is 1. The van der Waals surface area contributed by atoms with Gasteiger partial charge in [0.15, 0.2) is 0 Å². The number of hydrogen-bond acceptors (Lipinski definition) is 3. The van der Waals surface area contributed by atoms with Crippen LogP contribution in [0.3, 0.4) is 0 Å². The maximum atomic E-state index is 12.1. The molecule has 4 nitrogen and oxygen atoms in total. The van der Waals surface area contributed by atoms with E-state index in [0.717, 1.165) is 6.54 Å². The molecule has 0 unspecified atom stereocenters. The lowest BCUT2D eigenvalue weighted by Gasteiger charge is -2.34. The monoisotopic (exact) mass is 287 g/mol. The van der Waals surface area contributed by atoms with E-state index >= 15 is 0 Å². The minimum absolute atomic E-state index is 0.384. The van der Waals surface area contributed by atoms with Crippen molar-refractivity contribution in [3.8, 4) is 0 Å². The van der Waals surface area contributed by atoms with Gasteiger partial charge in [0.25, 0.3) is 0 Å². The molecule has 1 N–H and O–H groups in total. The van der Waals surface area contributed by atoms with Crippen LogP contribution in [0.5, 0.6) is 0 Å². The molecule has 2 rings (SSSR count). The molecule has 110 valence electrons. The van der Waals surface area contributed by atoms with Crippen LogP contribution in [-0.4, -0.2) is 48.2 Å². The van der Waals surface area contributed by atoms with Crippen molar-refractivity contribution in [2.45, 2.75) is 12.7 Å². The Balaban J connectivity index is 1.77. The normalized spacial score (nSPS) is 17.9. The molecule has 1 aromatic carbocycles. The molecule has 1 fully saturated rings. The molecule has 1 aliphatic heterocycles. The number of carbonyl (C=O) groups excluding carboxylic acids is 1. The maximum absolute atomic E-state index is 12.1. The number of nitrogens with one attached hydrogen (secondary N) is 1. The second-order valence-electron chi connectivity index (χ2n) is 4.69. The van der Waals surface area contributed by atoms with Crippen molar-refractivity contribution in [2.24, 2.45) is 0 Å². The SMILES string of the molecule is O=C(NN1CCN(Cc2ccccc2)CC1)C(F)(F)F. The molecule has 20 heavy (non-hydrogen) atoms. The Bertz CT molecular complexity index is 442. The second kappa shape index (κ2) is 6.23. The fraction of sp³-hybridized carbons (Fsp3) is 0.462. The molecule has 0 atom stereocenters. The smallest absolute Gasteiger partial charge is 0.296 e. The second-order valence-corrected chi connectivity index (χ2v) is 4.69. The summed E-state index contributed by atoms with van der Waals surface area (Å²) in [7, 11) is 0. The summed E-state index contributed by atoms with van der Waals surface area (Å²) in [5.74, 6) is -1.91. The molecule has 1 heterocycles. The number of hydrazine groups is 1. The third-order valence-electron chi connectivity index (χ3n) is 3.14. The third kappa shape index (κ3) is 4.21. The molecular formula is C13H16F3N3O. The van der Waals surface area contributed by atoms with Crippen LogP contribution >= 0.6 is 0 Å². The van der Waals surface area contributed by atoms with Crippen LogP contribution in [0.4, 0.5) is 13.2 Å². The van der Waals surface area contributed by atoms with Crippen LogP contribution in [0, 0.1) is 0 Å². The molecule has 1 saturated heterocycles. The van der Waals surface area contributed by atoms with Crippen LogP contribution < -0.4 is 5.43 Å². The topological polar surface area (TPSA) is 35.6 Å². The first kappa shape index (κ1) is 14.8. The number of nitrogens with zero attached hydrogens (tertiary/aromatic N) is 2. The summed E-state index contributed by atoms with van der Waals surface area (Å²) in [4.78, 5) is 13.0. The average molecular weight is 287 g/mol. The first-order chi connectivity index (χ1) is 9.45. The van der Waals surface area contributed by atoms with Crippen LogP contribution in [0.2, 0.25) is 0 Å². The van der Waals surface area contributed by atoms with E-state index in [1.807, 2.05) is 35.8 Å². The fourth-order valence-electron chi connectivity index (χ4n) is 2.07. The van der Waals surface area contributed by atoms with E-state index in [1.165, 1.54) is 10.6 Å². The molecule has 1 aromatic rings. The highest BCUT2D eigenvalue weighted by atomic mass is 19.4. The van der Waals surface area contributed by atoms with Crippen LogP contribution in [0.25, 0.3) is 0 Å². The molecule has 1 aliphatic rings. The number of piperazine rings is 1. The molecule has 0 spiro atoms. The van der Waals surface area contributed by atoms with Gasteiger partial charge in [0.2, 0.25) is 0 Å². The van der Waals surface area contributed by atoms with Crippen molar-refractivity contribution >= 4 is 5.91 Å². The van der Waals surface area contributed by atoms with Crippen molar-refractivity contribution in [1.82, 2.24) is 15.3 Å². The van der Waals surface area contributed by atoms with Gasteiger partial charge in [0, 0.05) is 32.7 Å². The predicted molar refractivity (Wildman–Crippen MR) is 67.5 cm³/mol. The lowest BCUT2D eigenvalue weighted by Crippen LogP contribution is -2.55. The summed E-state index contributed by atoms with van der Waals surface area (Å²) in [5.41, 5.74) is 3.05. The minimum atomic E-state index is -4.83. The Labute approximate surface area is 115 Å². The lowest BCUT2D eigenvalue weighted by molar-refractivity contribution is -0.179. The van der Waals surface area contributed by atoms with E-state index in [1.54, 1.807) is 0 Å². The van der Waals surface area contributed by atoms with Gasteiger partial charge in [-0.3, -0.25) is 15.1 Å². The van der Waals surface area contributed by atoms with Crippen molar-refractivity contribution in [3.05, 3.63) is 35.9 Å². The standard InChI is InChI=1S/C13H16F3N3O/c14-13(15,16)12(20)17-19-8-6-18(7-9-19)10-11-4-2-1-3-5-11/h1-5H,6-10H2,(H,17,20). The molecule has 0 aliphatic carbocycles. The summed E-state index contributed by atoms with van der Waals surface area (Å²) in [5, 5.41) is 1.32. The van der Waals surface area contributed by atoms with Gasteiger partial charge in [-0.2, -0.15) is 13.2 Å². The Morgan fingerprint density at radius 2 is 1.70 bits per heavy atom. The van der Waals surface area contributed by atoms with E-state index in [0.29, 0.717) is 26.2 Å². The number of carbonyl (C=O) groups is 1. The van der Waals surface area contributed by atoms with E-state index in [9.17, 15) is 18.0 Å². The quantitative estimate of drug-likeness (QED) is 0.913. The highest BCUT2D eigenvalue weighted by molar-refractivity contribution is 5.81. The van der Waals surface area contributed by atoms with Gasteiger partial charge in [0.05, 0.1) is 0 Å². The van der Waals surface area contributed by atoms with Gasteiger partial charge >= 0.3 is 12.1 Å². The Morgan fingerprint density at radius 3 is 2.25 bits per heavy atom. The number of halogens is 3. The summed E-state index contributed by atoms with van der Waals surface area (Å²) in [6.07, 6.45) is -4.83. The Hall–Kier alpha value is -1.60. The summed E-state index contributed by atoms with van der Waals surface area (Å²) < 4.78 is 36.4. The highest BCUT2D eigenvalue weighted by Crippen LogP contribution is 2.15. The highest BCUT2D eigenvalue weighted by Gasteiger charge is 2.39. The molecule has 0 saturated carbocycles. The first-order valence-electron chi connectivity index (χ1n) is 6.34. The lowest BCUT2D eigenvalue weighted by atomic mass is 10.2. The molecule has 0 bridgehead atoms. The van der Waals surface area contributed by atoms with Crippen molar-refractivity contribution in [2.75, 3.05) is 26.2 Å². The fourth-order valence-corrected chi connectivity index (χ4v) is 2.07. The average Bonchev–Trinajstić information content (AvgIpc) is 2.41. The van der Waals surface area contributed by atoms with Gasteiger partial charge in [-0.15, -0.1) is 0 Å². The summed E-state index contributed by atoms with van der Waals surface area (Å²) >= 11 is 0. The van der Waals surface area contributed by atoms with Gasteiger partial charge in [-0.1, -0.05) is 30.3 Å². The molecule has 7 heteroatoms. The zero-order valence-electron chi connectivity index (χ0n) is 10.9. The van der Waals surface area contributed by atoms with E-state index < -0.39 is 12.1 Å². The van der Waals surface area contributed by atoms with Gasteiger partial charge in [-0.25, -0.2) is 5.01 Å². The molecule has 1 amide bonds. The minimum Gasteiger partial charge on any atom is -0.296 e. The van der Waals surface area contributed by atoms with Gasteiger partial charge < -0.3 is 0 Å². The van der Waals surface area contributed by atoms with E-state index in [-0.39, 0.29) is 0 Å². The summed E-state index contributed by atoms with van der Waals surface area (Å²) in [6, 6.07) is 9.87. The van der Waals surface area contributed by atoms with Crippen LogP contribution in [0.1, 0.15) is 5.56 Å². The molecular weight excluding hydrogens is 271 g/mol. The molecule has 0 radical (unpaired) electrons. The number of benzene rings is 1. The van der Waals surface area contributed by atoms with E-state index in [2.05, 4.69) is 4.90 Å². The Morgan fingerprint density at radius 1 is 1.10 bits per heavy atom.